The molecule has 11 heteroatoms. The summed E-state index contributed by atoms with van der Waals surface area (Å²) in [6.07, 6.45) is 3.21. The number of fused-ring (bicyclic) bond motifs is 1. The predicted molar refractivity (Wildman–Crippen MR) is 142 cm³/mol. The maximum absolute atomic E-state index is 13.5. The van der Waals surface area contributed by atoms with E-state index in [2.05, 4.69) is 5.32 Å². The number of carbonyl (C=O) groups excluding carboxylic acids is 2. The van der Waals surface area contributed by atoms with Gasteiger partial charge in [0.1, 0.15) is 12.6 Å². The molecule has 0 spiro atoms. The van der Waals surface area contributed by atoms with Crippen molar-refractivity contribution in [2.45, 2.75) is 51.8 Å². The second-order valence-corrected chi connectivity index (χ2v) is 12.6. The van der Waals surface area contributed by atoms with Gasteiger partial charge in [0, 0.05) is 29.1 Å². The van der Waals surface area contributed by atoms with Gasteiger partial charge in [-0.25, -0.2) is 8.42 Å². The Balaban J connectivity index is 1.59. The number of sulfonamides is 1. The molecule has 1 saturated heterocycles. The van der Waals surface area contributed by atoms with Crippen LogP contribution in [0.15, 0.2) is 35.7 Å². The monoisotopic (exact) mass is 551 g/mol. The van der Waals surface area contributed by atoms with Gasteiger partial charge in [-0.15, -0.1) is 11.3 Å². The summed E-state index contributed by atoms with van der Waals surface area (Å²) in [4.78, 5) is 28.3. The lowest BCUT2D eigenvalue weighted by Crippen LogP contribution is -2.47. The highest BCUT2D eigenvalue weighted by molar-refractivity contribution is 7.92. The van der Waals surface area contributed by atoms with Crippen LogP contribution in [0.2, 0.25) is 4.34 Å². The minimum atomic E-state index is -4.12. The lowest BCUT2D eigenvalue weighted by atomic mass is 10.0. The van der Waals surface area contributed by atoms with Gasteiger partial charge in [-0.3, -0.25) is 9.59 Å². The number of amides is 1. The zero-order valence-electron chi connectivity index (χ0n) is 20.3. The summed E-state index contributed by atoms with van der Waals surface area (Å²) >= 11 is 7.18. The third kappa shape index (κ3) is 6.36. The van der Waals surface area contributed by atoms with Crippen molar-refractivity contribution < 1.29 is 22.7 Å². The summed E-state index contributed by atoms with van der Waals surface area (Å²) in [6, 6.07) is 8.31. The number of carbonyl (C=O) groups is 2. The highest BCUT2D eigenvalue weighted by Gasteiger charge is 2.42. The Labute approximate surface area is 220 Å². The van der Waals surface area contributed by atoms with Crippen molar-refractivity contribution >= 4 is 56.6 Å². The molecule has 3 heterocycles. The van der Waals surface area contributed by atoms with E-state index in [1.165, 1.54) is 28.5 Å². The average Bonchev–Trinajstić information content (AvgIpc) is 3.32. The second-order valence-electron chi connectivity index (χ2n) is 9.10. The van der Waals surface area contributed by atoms with Crippen molar-refractivity contribution in [2.75, 3.05) is 24.5 Å². The van der Waals surface area contributed by atoms with Crippen molar-refractivity contribution in [3.05, 3.63) is 56.1 Å². The van der Waals surface area contributed by atoms with E-state index in [9.17, 15) is 18.0 Å². The molecular weight excluding hydrogens is 522 g/mol. The first kappa shape index (κ1) is 26.8. The van der Waals surface area contributed by atoms with Crippen LogP contribution < -0.4 is 10.2 Å². The number of ether oxygens (including phenoxy) is 1. The number of esters is 1. The third-order valence-corrected chi connectivity index (χ3v) is 8.83. The molecule has 1 aromatic carbocycles. The molecule has 36 heavy (non-hydrogen) atoms. The summed E-state index contributed by atoms with van der Waals surface area (Å²) in [5.41, 5.74) is 3.14. The first-order valence-corrected chi connectivity index (χ1v) is 14.6. The van der Waals surface area contributed by atoms with Crippen LogP contribution in [0.4, 0.5) is 5.69 Å². The van der Waals surface area contributed by atoms with E-state index in [0.717, 1.165) is 41.3 Å². The number of benzene rings is 1. The molecule has 1 fully saturated rings. The topological polar surface area (TPSA) is 96.0 Å². The van der Waals surface area contributed by atoms with Crippen molar-refractivity contribution in [2.24, 2.45) is 0 Å². The summed E-state index contributed by atoms with van der Waals surface area (Å²) < 4.78 is 33.4. The molecule has 1 amide bonds. The Hall–Kier alpha value is -2.24. The average molecular weight is 552 g/mol. The number of hydrogen-bond acceptors (Lipinski definition) is 7. The third-order valence-electron chi connectivity index (χ3n) is 6.12. The molecule has 2 aromatic rings. The molecule has 0 radical (unpaired) electrons. The molecule has 194 valence electrons. The standard InChI is InChI=1S/C25H30ClN3O5S2/c1-17(2)34-24(30)16-29(36(32,33)13-10-21-7-8-23(26)35-21)22-9-12-28(25(22)31)20-6-5-19-15-27-11-3-4-18(19)14-20/h5-8,10,13-14,17,22,27H,3-4,9,11-12,15-16H2,1-2H3/b13-10+/t22-/m0/s1. The van der Waals surface area contributed by atoms with Gasteiger partial charge in [-0.1, -0.05) is 17.7 Å². The fourth-order valence-electron chi connectivity index (χ4n) is 4.45. The van der Waals surface area contributed by atoms with Crippen LogP contribution in [0.25, 0.3) is 6.08 Å². The van der Waals surface area contributed by atoms with Gasteiger partial charge in [0.25, 0.3) is 0 Å². The van der Waals surface area contributed by atoms with E-state index in [-0.39, 0.29) is 12.3 Å². The zero-order chi connectivity index (χ0) is 25.9. The summed E-state index contributed by atoms with van der Waals surface area (Å²) in [6.45, 7) is 4.92. The smallest absolute Gasteiger partial charge is 0.321 e. The summed E-state index contributed by atoms with van der Waals surface area (Å²) in [5, 5.41) is 4.40. The summed E-state index contributed by atoms with van der Waals surface area (Å²) in [7, 11) is -4.12. The van der Waals surface area contributed by atoms with Crippen molar-refractivity contribution in [3.63, 3.8) is 0 Å². The maximum Gasteiger partial charge on any atom is 0.321 e. The minimum Gasteiger partial charge on any atom is -0.462 e. The van der Waals surface area contributed by atoms with Gasteiger partial charge in [-0.05, 0) is 81.1 Å². The molecular formula is C25H30ClN3O5S2. The largest absolute Gasteiger partial charge is 0.462 e. The highest BCUT2D eigenvalue weighted by atomic mass is 35.5. The molecule has 1 aromatic heterocycles. The molecule has 4 rings (SSSR count). The van der Waals surface area contributed by atoms with Crippen LogP contribution in [-0.4, -0.2) is 56.4 Å². The van der Waals surface area contributed by atoms with E-state index >= 15 is 0 Å². The Bertz CT molecular complexity index is 1260. The second kappa shape index (κ2) is 11.4. The van der Waals surface area contributed by atoms with Crippen molar-refractivity contribution in [1.82, 2.24) is 9.62 Å². The van der Waals surface area contributed by atoms with Crippen LogP contribution in [-0.2, 0) is 37.3 Å². The van der Waals surface area contributed by atoms with Gasteiger partial charge in [0.15, 0.2) is 0 Å². The summed E-state index contributed by atoms with van der Waals surface area (Å²) in [5.74, 6) is -1.06. The van der Waals surface area contributed by atoms with E-state index in [4.69, 9.17) is 16.3 Å². The normalized spacial score (nSPS) is 18.8. The van der Waals surface area contributed by atoms with Crippen molar-refractivity contribution in [3.8, 4) is 0 Å². The lowest BCUT2D eigenvalue weighted by molar-refractivity contribution is -0.148. The molecule has 2 aliphatic rings. The molecule has 0 saturated carbocycles. The number of hydrogen-bond donors (Lipinski definition) is 1. The molecule has 8 nitrogen and oxygen atoms in total. The van der Waals surface area contributed by atoms with Crippen LogP contribution in [0.1, 0.15) is 42.7 Å². The minimum absolute atomic E-state index is 0.268. The SMILES string of the molecule is CC(C)OC(=O)CN([C@H]1CCN(c2ccc3c(c2)CCCNC3)C1=O)S(=O)(=O)/C=C/c1ccc(Cl)s1. The van der Waals surface area contributed by atoms with Gasteiger partial charge in [0.2, 0.25) is 15.9 Å². The van der Waals surface area contributed by atoms with Gasteiger partial charge >= 0.3 is 5.97 Å². The van der Waals surface area contributed by atoms with Crippen LogP contribution in [0.3, 0.4) is 0 Å². The lowest BCUT2D eigenvalue weighted by Gasteiger charge is -2.26. The number of aryl methyl sites for hydroxylation is 1. The number of anilines is 1. The van der Waals surface area contributed by atoms with E-state index in [1.54, 1.807) is 30.9 Å². The van der Waals surface area contributed by atoms with Gasteiger partial charge in [-0.2, -0.15) is 4.31 Å². The number of thiophene rings is 1. The van der Waals surface area contributed by atoms with E-state index < -0.39 is 34.7 Å². The van der Waals surface area contributed by atoms with Gasteiger partial charge < -0.3 is 15.0 Å². The zero-order valence-corrected chi connectivity index (χ0v) is 22.7. The Morgan fingerprint density at radius 3 is 2.83 bits per heavy atom. The Morgan fingerprint density at radius 1 is 1.31 bits per heavy atom. The first-order valence-electron chi connectivity index (χ1n) is 11.9. The first-order chi connectivity index (χ1) is 17.1. The fourth-order valence-corrected chi connectivity index (χ4v) is 6.82. The highest BCUT2D eigenvalue weighted by Crippen LogP contribution is 2.30. The number of nitrogens with one attached hydrogen (secondary N) is 1. The number of rotatable bonds is 8. The van der Waals surface area contributed by atoms with Crippen LogP contribution in [0.5, 0.6) is 0 Å². The maximum atomic E-state index is 13.5. The molecule has 1 N–H and O–H groups in total. The van der Waals surface area contributed by atoms with Crippen LogP contribution in [0, 0.1) is 0 Å². The Kier molecular flexibility index (Phi) is 8.52. The van der Waals surface area contributed by atoms with Crippen molar-refractivity contribution in [1.29, 1.82) is 0 Å². The quantitative estimate of drug-likeness (QED) is 0.501. The number of nitrogens with zero attached hydrogens (tertiary/aromatic N) is 2. The molecule has 2 aliphatic heterocycles. The molecule has 0 bridgehead atoms. The Morgan fingerprint density at radius 2 is 2.11 bits per heavy atom. The van der Waals surface area contributed by atoms with E-state index in [1.807, 2.05) is 18.2 Å². The predicted octanol–water partition coefficient (Wildman–Crippen LogP) is 3.80. The van der Waals surface area contributed by atoms with Crippen LogP contribution >= 0.6 is 22.9 Å². The van der Waals surface area contributed by atoms with Gasteiger partial charge in [0.05, 0.1) is 10.4 Å². The fraction of sp³-hybridized carbons (Fsp3) is 0.440. The molecule has 1 atom stereocenters. The van der Waals surface area contributed by atoms with E-state index in [0.29, 0.717) is 15.8 Å². The molecule has 0 unspecified atom stereocenters. The molecule has 0 aliphatic carbocycles. The number of halogens is 1.